The molecule has 0 atom stereocenters. The number of hydrogen-bond acceptors (Lipinski definition) is 5. The van der Waals surface area contributed by atoms with Crippen LogP contribution in [0.15, 0.2) is 47.0 Å². The molecule has 166 valence electrons. The van der Waals surface area contributed by atoms with Crippen LogP contribution in [-0.2, 0) is 28.9 Å². The van der Waals surface area contributed by atoms with E-state index in [1.54, 1.807) is 16.0 Å². The summed E-state index contributed by atoms with van der Waals surface area (Å²) in [4.78, 5) is 32.9. The van der Waals surface area contributed by atoms with Crippen molar-refractivity contribution in [2.45, 2.75) is 32.1 Å². The molecule has 1 saturated heterocycles. The van der Waals surface area contributed by atoms with Crippen molar-refractivity contribution in [3.05, 3.63) is 59.6 Å². The Labute approximate surface area is 187 Å². The third kappa shape index (κ3) is 4.33. The molecule has 2 aromatic heterocycles. The molecular weight excluding hydrogens is 406 g/mol. The molecule has 5 rings (SSSR count). The molecule has 0 saturated carbocycles. The molecule has 3 heterocycles. The van der Waals surface area contributed by atoms with Crippen LogP contribution in [0.25, 0.3) is 11.0 Å². The highest BCUT2D eigenvalue weighted by molar-refractivity contribution is 5.84. The van der Waals surface area contributed by atoms with Crippen molar-refractivity contribution < 1.29 is 18.7 Å². The average Bonchev–Trinajstić information content (AvgIpc) is 3.21. The smallest absolute Gasteiger partial charge is 0.260 e. The number of pyridine rings is 1. The maximum atomic E-state index is 12.7. The lowest BCUT2D eigenvalue weighted by Crippen LogP contribution is -2.52. The number of carbonyl (C=O) groups is 2. The second kappa shape index (κ2) is 9.02. The molecule has 0 radical (unpaired) electrons. The van der Waals surface area contributed by atoms with E-state index in [4.69, 9.17) is 9.15 Å². The number of amides is 2. The summed E-state index contributed by atoms with van der Waals surface area (Å²) < 4.78 is 11.8. The van der Waals surface area contributed by atoms with Crippen LogP contribution in [0.2, 0.25) is 0 Å². The van der Waals surface area contributed by atoms with Gasteiger partial charge in [-0.25, -0.2) is 0 Å². The summed E-state index contributed by atoms with van der Waals surface area (Å²) in [7, 11) is 0. The van der Waals surface area contributed by atoms with E-state index in [2.05, 4.69) is 4.98 Å². The van der Waals surface area contributed by atoms with Gasteiger partial charge in [-0.15, -0.1) is 0 Å². The number of furan rings is 1. The van der Waals surface area contributed by atoms with Gasteiger partial charge in [0, 0.05) is 55.4 Å². The summed E-state index contributed by atoms with van der Waals surface area (Å²) >= 11 is 0. The number of nitrogens with zero attached hydrogens (tertiary/aromatic N) is 3. The normalized spacial score (nSPS) is 16.1. The number of hydrogen-bond donors (Lipinski definition) is 0. The van der Waals surface area contributed by atoms with Crippen molar-refractivity contribution in [1.29, 1.82) is 0 Å². The van der Waals surface area contributed by atoms with Gasteiger partial charge in [-0.1, -0.05) is 6.07 Å². The summed E-state index contributed by atoms with van der Waals surface area (Å²) in [6.45, 7) is 2.09. The van der Waals surface area contributed by atoms with Crippen LogP contribution < -0.4 is 4.74 Å². The van der Waals surface area contributed by atoms with E-state index in [1.807, 2.05) is 36.4 Å². The Morgan fingerprint density at radius 2 is 1.75 bits per heavy atom. The van der Waals surface area contributed by atoms with Gasteiger partial charge in [0.2, 0.25) is 5.91 Å². The number of rotatable bonds is 5. The van der Waals surface area contributed by atoms with Crippen LogP contribution in [0.5, 0.6) is 5.75 Å². The molecule has 3 aromatic rings. The molecule has 0 spiro atoms. The standard InChI is InChI=1S/C25H27N3O4/c29-24(15-18-5-3-4-10-26-18)27-11-13-28(14-12-27)25(30)17-31-19-8-9-23-21(16-19)20-6-1-2-7-22(20)32-23/h3-5,8-10,16H,1-2,6-7,11-15,17H2. The van der Waals surface area contributed by atoms with Crippen LogP contribution in [0.3, 0.4) is 0 Å². The SMILES string of the molecule is O=C(COc1ccc2oc3c(c2c1)CCCC3)N1CCN(C(=O)Cc2ccccn2)CC1. The summed E-state index contributed by atoms with van der Waals surface area (Å²) in [6, 6.07) is 11.3. The van der Waals surface area contributed by atoms with E-state index in [-0.39, 0.29) is 24.8 Å². The zero-order valence-corrected chi connectivity index (χ0v) is 18.1. The molecule has 2 aliphatic rings. The van der Waals surface area contributed by atoms with E-state index in [0.717, 1.165) is 35.3 Å². The Morgan fingerprint density at radius 1 is 0.969 bits per heavy atom. The predicted molar refractivity (Wildman–Crippen MR) is 119 cm³/mol. The van der Waals surface area contributed by atoms with Crippen LogP contribution in [0.1, 0.15) is 29.9 Å². The van der Waals surface area contributed by atoms with Gasteiger partial charge in [-0.2, -0.15) is 0 Å². The molecule has 0 N–H and O–H groups in total. The first-order chi connectivity index (χ1) is 15.7. The van der Waals surface area contributed by atoms with Crippen molar-refractivity contribution in [3.8, 4) is 5.75 Å². The molecule has 1 aromatic carbocycles. The van der Waals surface area contributed by atoms with Crippen molar-refractivity contribution in [1.82, 2.24) is 14.8 Å². The first-order valence-corrected chi connectivity index (χ1v) is 11.3. The van der Waals surface area contributed by atoms with E-state index in [9.17, 15) is 9.59 Å². The fourth-order valence-corrected chi connectivity index (χ4v) is 4.54. The third-order valence-corrected chi connectivity index (χ3v) is 6.33. The van der Waals surface area contributed by atoms with Crippen LogP contribution >= 0.6 is 0 Å². The van der Waals surface area contributed by atoms with Gasteiger partial charge in [-0.05, 0) is 49.6 Å². The van der Waals surface area contributed by atoms with Crippen LogP contribution in [0, 0.1) is 0 Å². The Kier molecular flexibility index (Phi) is 5.79. The summed E-state index contributed by atoms with van der Waals surface area (Å²) in [5.74, 6) is 1.76. The van der Waals surface area contributed by atoms with Crippen LogP contribution in [0.4, 0.5) is 0 Å². The van der Waals surface area contributed by atoms with Gasteiger partial charge < -0.3 is 19.0 Å². The second-order valence-electron chi connectivity index (χ2n) is 8.42. The van der Waals surface area contributed by atoms with E-state index < -0.39 is 0 Å². The molecule has 0 unspecified atom stereocenters. The van der Waals surface area contributed by atoms with Gasteiger partial charge in [0.1, 0.15) is 17.1 Å². The number of aromatic nitrogens is 1. The molecule has 1 aliphatic carbocycles. The lowest BCUT2D eigenvalue weighted by atomic mass is 9.96. The van der Waals surface area contributed by atoms with Gasteiger partial charge in [0.05, 0.1) is 6.42 Å². The number of aryl methyl sites for hydroxylation is 2. The minimum atomic E-state index is -0.0591. The highest BCUT2D eigenvalue weighted by atomic mass is 16.5. The van der Waals surface area contributed by atoms with E-state index >= 15 is 0 Å². The zero-order valence-electron chi connectivity index (χ0n) is 18.1. The summed E-state index contributed by atoms with van der Waals surface area (Å²) in [6.07, 6.45) is 6.37. The summed E-state index contributed by atoms with van der Waals surface area (Å²) in [5.41, 5.74) is 2.94. The quantitative estimate of drug-likeness (QED) is 0.618. The first kappa shape index (κ1) is 20.5. The van der Waals surface area contributed by atoms with Gasteiger partial charge in [0.15, 0.2) is 6.61 Å². The Bertz CT molecular complexity index is 1120. The Hall–Kier alpha value is -3.35. The molecule has 7 nitrogen and oxygen atoms in total. The number of ether oxygens (including phenoxy) is 1. The minimum Gasteiger partial charge on any atom is -0.484 e. The average molecular weight is 434 g/mol. The van der Waals surface area contributed by atoms with E-state index in [1.165, 1.54) is 18.4 Å². The monoisotopic (exact) mass is 433 g/mol. The van der Waals surface area contributed by atoms with E-state index in [0.29, 0.717) is 31.9 Å². The molecular formula is C25H27N3O4. The number of piperazine rings is 1. The maximum absolute atomic E-state index is 12.7. The largest absolute Gasteiger partial charge is 0.484 e. The molecule has 2 amide bonds. The van der Waals surface area contributed by atoms with Crippen molar-refractivity contribution in [3.63, 3.8) is 0 Å². The molecule has 0 bridgehead atoms. The number of benzene rings is 1. The summed E-state index contributed by atoms with van der Waals surface area (Å²) in [5, 5.41) is 1.10. The first-order valence-electron chi connectivity index (χ1n) is 11.3. The molecule has 1 aliphatic heterocycles. The minimum absolute atomic E-state index is 0.00652. The fraction of sp³-hybridized carbons (Fsp3) is 0.400. The number of carbonyl (C=O) groups excluding carboxylic acids is 2. The van der Waals surface area contributed by atoms with Crippen LogP contribution in [-0.4, -0.2) is 59.4 Å². The van der Waals surface area contributed by atoms with Gasteiger partial charge in [0.25, 0.3) is 5.91 Å². The lowest BCUT2D eigenvalue weighted by molar-refractivity contribution is -0.140. The molecule has 1 fully saturated rings. The number of fused-ring (bicyclic) bond motifs is 3. The van der Waals surface area contributed by atoms with Gasteiger partial charge in [-0.3, -0.25) is 14.6 Å². The van der Waals surface area contributed by atoms with Crippen molar-refractivity contribution >= 4 is 22.8 Å². The highest BCUT2D eigenvalue weighted by Crippen LogP contribution is 2.33. The third-order valence-electron chi connectivity index (χ3n) is 6.33. The van der Waals surface area contributed by atoms with Gasteiger partial charge >= 0.3 is 0 Å². The predicted octanol–water partition coefficient (Wildman–Crippen LogP) is 3.00. The van der Waals surface area contributed by atoms with Crippen molar-refractivity contribution in [2.24, 2.45) is 0 Å². The second-order valence-corrected chi connectivity index (χ2v) is 8.42. The topological polar surface area (TPSA) is 75.9 Å². The Morgan fingerprint density at radius 3 is 2.53 bits per heavy atom. The zero-order chi connectivity index (χ0) is 21.9. The lowest BCUT2D eigenvalue weighted by Gasteiger charge is -2.34. The fourth-order valence-electron chi connectivity index (χ4n) is 4.54. The highest BCUT2D eigenvalue weighted by Gasteiger charge is 2.25. The molecule has 32 heavy (non-hydrogen) atoms. The van der Waals surface area contributed by atoms with Crippen molar-refractivity contribution in [2.75, 3.05) is 32.8 Å². The maximum Gasteiger partial charge on any atom is 0.260 e. The molecule has 7 heteroatoms. The Balaban J connectivity index is 1.13.